The number of rotatable bonds is 5. The highest BCUT2D eigenvalue weighted by molar-refractivity contribution is 5.80. The van der Waals surface area contributed by atoms with Gasteiger partial charge in [-0.15, -0.1) is 0 Å². The second-order valence-corrected chi connectivity index (χ2v) is 7.03. The van der Waals surface area contributed by atoms with Crippen molar-refractivity contribution in [2.75, 3.05) is 32.1 Å². The highest BCUT2D eigenvalue weighted by atomic mass is 16.5. The van der Waals surface area contributed by atoms with Gasteiger partial charge in [-0.1, -0.05) is 12.1 Å². The van der Waals surface area contributed by atoms with E-state index in [-0.39, 0.29) is 5.60 Å². The van der Waals surface area contributed by atoms with Gasteiger partial charge < -0.3 is 14.7 Å². The fraction of sp³-hybridized carbons (Fsp3) is 0.611. The van der Waals surface area contributed by atoms with Crippen LogP contribution in [0.15, 0.2) is 29.3 Å². The Morgan fingerprint density at radius 2 is 1.95 bits per heavy atom. The van der Waals surface area contributed by atoms with Gasteiger partial charge in [-0.25, -0.2) is 0 Å². The zero-order valence-corrected chi connectivity index (χ0v) is 14.2. The molecule has 4 nitrogen and oxygen atoms in total. The van der Waals surface area contributed by atoms with Crippen LogP contribution in [0, 0.1) is 0 Å². The summed E-state index contributed by atoms with van der Waals surface area (Å²) in [5.74, 6) is 0. The first-order valence-corrected chi connectivity index (χ1v) is 7.93. The molecule has 0 bridgehead atoms. The number of aliphatic imine (C=N–C) groups is 1. The second kappa shape index (κ2) is 6.80. The minimum absolute atomic E-state index is 0.237. The van der Waals surface area contributed by atoms with E-state index in [2.05, 4.69) is 34.2 Å². The lowest BCUT2D eigenvalue weighted by molar-refractivity contribution is -0.145. The van der Waals surface area contributed by atoms with E-state index >= 15 is 0 Å². The van der Waals surface area contributed by atoms with Crippen molar-refractivity contribution in [3.05, 3.63) is 29.8 Å². The number of hydrogen-bond donors (Lipinski definition) is 1. The number of benzene rings is 1. The summed E-state index contributed by atoms with van der Waals surface area (Å²) in [5, 5.41) is 10.6. The highest BCUT2D eigenvalue weighted by Gasteiger charge is 2.38. The van der Waals surface area contributed by atoms with E-state index in [0.717, 1.165) is 5.56 Å². The van der Waals surface area contributed by atoms with Crippen LogP contribution in [0.5, 0.6) is 0 Å². The van der Waals surface area contributed by atoms with Crippen LogP contribution in [0.25, 0.3) is 0 Å². The zero-order valence-electron chi connectivity index (χ0n) is 14.2. The van der Waals surface area contributed by atoms with Gasteiger partial charge in [0.15, 0.2) is 0 Å². The van der Waals surface area contributed by atoms with Gasteiger partial charge in [-0.3, -0.25) is 4.99 Å². The monoisotopic (exact) mass is 304 g/mol. The van der Waals surface area contributed by atoms with Gasteiger partial charge in [0, 0.05) is 39.0 Å². The molecule has 0 saturated carbocycles. The topological polar surface area (TPSA) is 45.1 Å². The molecule has 1 aromatic rings. The Bertz CT molecular complexity index is 508. The lowest BCUT2D eigenvalue weighted by Crippen LogP contribution is -2.46. The Morgan fingerprint density at radius 1 is 1.27 bits per heavy atom. The van der Waals surface area contributed by atoms with E-state index in [1.165, 1.54) is 5.69 Å². The molecule has 2 rings (SSSR count). The van der Waals surface area contributed by atoms with Crippen molar-refractivity contribution in [2.45, 2.75) is 44.3 Å². The summed E-state index contributed by atoms with van der Waals surface area (Å²) < 4.78 is 5.66. The molecule has 1 aliphatic heterocycles. The van der Waals surface area contributed by atoms with Crippen LogP contribution in [0.2, 0.25) is 0 Å². The van der Waals surface area contributed by atoms with Gasteiger partial charge in [0.1, 0.15) is 0 Å². The molecule has 1 aliphatic rings. The third-order valence-electron chi connectivity index (χ3n) is 4.17. The summed E-state index contributed by atoms with van der Waals surface area (Å²) in [6.45, 7) is 5.33. The molecule has 1 aromatic carbocycles. The summed E-state index contributed by atoms with van der Waals surface area (Å²) in [6.07, 6.45) is 3.94. The summed E-state index contributed by atoms with van der Waals surface area (Å²) in [4.78, 5) is 6.54. The first-order chi connectivity index (χ1) is 10.3. The maximum Gasteiger partial charge on any atom is 0.0714 e. The fourth-order valence-electron chi connectivity index (χ4n) is 2.96. The molecule has 1 heterocycles. The van der Waals surface area contributed by atoms with Crippen LogP contribution < -0.4 is 4.90 Å². The molecule has 1 atom stereocenters. The van der Waals surface area contributed by atoms with Gasteiger partial charge in [-0.05, 0) is 44.4 Å². The summed E-state index contributed by atoms with van der Waals surface area (Å²) >= 11 is 0. The Balaban J connectivity index is 1.85. The number of aliphatic hydroxyl groups is 1. The third kappa shape index (κ3) is 4.82. The van der Waals surface area contributed by atoms with Gasteiger partial charge in [0.2, 0.25) is 0 Å². The van der Waals surface area contributed by atoms with Crippen LogP contribution >= 0.6 is 0 Å². The molecule has 0 spiro atoms. The molecule has 0 aromatic heterocycles. The van der Waals surface area contributed by atoms with Crippen molar-refractivity contribution in [2.24, 2.45) is 4.99 Å². The third-order valence-corrected chi connectivity index (χ3v) is 4.17. The van der Waals surface area contributed by atoms with Crippen molar-refractivity contribution < 1.29 is 9.84 Å². The Kier molecular flexibility index (Phi) is 5.24. The number of ether oxygens (including phenoxy) is 1. The van der Waals surface area contributed by atoms with Gasteiger partial charge >= 0.3 is 0 Å². The lowest BCUT2D eigenvalue weighted by atomic mass is 9.82. The first kappa shape index (κ1) is 17.0. The molecule has 0 aliphatic carbocycles. The predicted octanol–water partition coefficient (Wildman–Crippen LogP) is 2.88. The Labute approximate surface area is 133 Å². The maximum absolute atomic E-state index is 10.6. The number of anilines is 1. The molecule has 0 radical (unpaired) electrons. The Hall–Kier alpha value is -1.39. The van der Waals surface area contributed by atoms with Crippen LogP contribution in [0.4, 0.5) is 5.69 Å². The molecule has 4 heteroatoms. The van der Waals surface area contributed by atoms with E-state index in [4.69, 9.17) is 4.74 Å². The smallest absolute Gasteiger partial charge is 0.0714 e. The largest absolute Gasteiger partial charge is 0.390 e. The molecule has 1 fully saturated rings. The molecule has 22 heavy (non-hydrogen) atoms. The van der Waals surface area contributed by atoms with E-state index in [1.54, 1.807) is 0 Å². The number of nitrogens with zero attached hydrogens (tertiary/aromatic N) is 2. The number of hydrogen-bond acceptors (Lipinski definition) is 4. The van der Waals surface area contributed by atoms with Gasteiger partial charge in [0.05, 0.1) is 17.8 Å². The Morgan fingerprint density at radius 3 is 2.55 bits per heavy atom. The van der Waals surface area contributed by atoms with Crippen molar-refractivity contribution >= 4 is 11.9 Å². The normalized spacial score (nSPS) is 24.6. The van der Waals surface area contributed by atoms with Crippen LogP contribution in [0.1, 0.15) is 38.7 Å². The van der Waals surface area contributed by atoms with E-state index in [0.29, 0.717) is 32.4 Å². The van der Waals surface area contributed by atoms with E-state index in [1.807, 2.05) is 34.2 Å². The fourth-order valence-corrected chi connectivity index (χ4v) is 2.96. The predicted molar refractivity (Wildman–Crippen MR) is 92.1 cm³/mol. The summed E-state index contributed by atoms with van der Waals surface area (Å²) in [6, 6.07) is 8.28. The van der Waals surface area contributed by atoms with E-state index in [9.17, 15) is 5.11 Å². The highest BCUT2D eigenvalue weighted by Crippen LogP contribution is 2.34. The molecular weight excluding hydrogens is 276 g/mol. The average Bonchev–Trinajstić information content (AvgIpc) is 2.43. The van der Waals surface area contributed by atoms with Crippen LogP contribution in [0.3, 0.4) is 0 Å². The quantitative estimate of drug-likeness (QED) is 0.851. The molecule has 1 N–H and O–H groups in total. The molecule has 0 amide bonds. The minimum atomic E-state index is -0.645. The zero-order chi connectivity index (χ0) is 16.2. The van der Waals surface area contributed by atoms with Crippen molar-refractivity contribution in [1.82, 2.24) is 0 Å². The lowest BCUT2D eigenvalue weighted by Gasteiger charge is -2.41. The van der Waals surface area contributed by atoms with Gasteiger partial charge in [-0.2, -0.15) is 0 Å². The van der Waals surface area contributed by atoms with Crippen LogP contribution in [-0.4, -0.2) is 49.8 Å². The molecule has 122 valence electrons. The molecular formula is C18H28N2O2. The van der Waals surface area contributed by atoms with Crippen molar-refractivity contribution in [3.63, 3.8) is 0 Å². The maximum atomic E-state index is 10.6. The molecule has 1 saturated heterocycles. The van der Waals surface area contributed by atoms with Gasteiger partial charge in [0.25, 0.3) is 0 Å². The summed E-state index contributed by atoms with van der Waals surface area (Å²) in [7, 11) is 4.05. The minimum Gasteiger partial charge on any atom is -0.390 e. The van der Waals surface area contributed by atoms with E-state index < -0.39 is 5.60 Å². The standard InChI is InChI=1S/C18H28N2O2/c1-17(2)14-18(21,10-12-22-17)9-11-19-13-15-5-7-16(8-6-15)20(3)4/h5-8,13,21H,9-12,14H2,1-4H3/t18-/m1/s1. The average molecular weight is 304 g/mol. The molecule has 0 unspecified atom stereocenters. The van der Waals surface area contributed by atoms with Crippen molar-refractivity contribution in [3.8, 4) is 0 Å². The second-order valence-electron chi connectivity index (χ2n) is 7.03. The SMILES string of the molecule is CN(C)c1ccc(C=NCC[C@@]2(O)CCOC(C)(C)C2)cc1. The van der Waals surface area contributed by atoms with Crippen LogP contribution in [-0.2, 0) is 4.74 Å². The van der Waals surface area contributed by atoms with Crippen molar-refractivity contribution in [1.29, 1.82) is 0 Å². The first-order valence-electron chi connectivity index (χ1n) is 7.93. The summed E-state index contributed by atoms with van der Waals surface area (Å²) in [5.41, 5.74) is 1.38.